The maximum absolute atomic E-state index is 12.4. The zero-order chi connectivity index (χ0) is 15.5. The molecule has 0 radical (unpaired) electrons. The van der Waals surface area contributed by atoms with Crippen molar-refractivity contribution in [3.8, 4) is 0 Å². The average molecular weight is 309 g/mol. The normalized spacial score (nSPS) is 15.0. The van der Waals surface area contributed by atoms with Gasteiger partial charge in [0.2, 0.25) is 5.91 Å². The lowest BCUT2D eigenvalue weighted by Gasteiger charge is -2.25. The van der Waals surface area contributed by atoms with E-state index >= 15 is 0 Å². The SMILES string of the molecule is CC(C)(C)NCCC(=O)N(Cc1ccc(Cl)cc1)C1CC1. The fourth-order valence-corrected chi connectivity index (χ4v) is 2.41. The summed E-state index contributed by atoms with van der Waals surface area (Å²) in [7, 11) is 0. The minimum atomic E-state index is 0.0564. The van der Waals surface area contributed by atoms with Gasteiger partial charge < -0.3 is 10.2 Å². The molecule has 1 aromatic rings. The van der Waals surface area contributed by atoms with Gasteiger partial charge in [-0.05, 0) is 51.3 Å². The predicted molar refractivity (Wildman–Crippen MR) is 87.4 cm³/mol. The molecule has 1 amide bonds. The van der Waals surface area contributed by atoms with Crippen molar-refractivity contribution in [1.29, 1.82) is 0 Å². The Morgan fingerprint density at radius 1 is 1.29 bits per heavy atom. The van der Waals surface area contributed by atoms with Crippen LogP contribution >= 0.6 is 11.6 Å². The Balaban J connectivity index is 1.89. The van der Waals surface area contributed by atoms with E-state index in [0.717, 1.165) is 30.0 Å². The summed E-state index contributed by atoms with van der Waals surface area (Å²) in [6, 6.07) is 8.20. The van der Waals surface area contributed by atoms with Crippen molar-refractivity contribution >= 4 is 17.5 Å². The molecule has 1 saturated carbocycles. The van der Waals surface area contributed by atoms with E-state index in [4.69, 9.17) is 11.6 Å². The van der Waals surface area contributed by atoms with E-state index < -0.39 is 0 Å². The molecule has 2 rings (SSSR count). The van der Waals surface area contributed by atoms with E-state index in [9.17, 15) is 4.79 Å². The highest BCUT2D eigenvalue weighted by Gasteiger charge is 2.32. The Morgan fingerprint density at radius 2 is 1.90 bits per heavy atom. The summed E-state index contributed by atoms with van der Waals surface area (Å²) in [5, 5.41) is 4.11. The number of benzene rings is 1. The molecule has 0 atom stereocenters. The van der Waals surface area contributed by atoms with Crippen LogP contribution in [0.2, 0.25) is 5.02 Å². The van der Waals surface area contributed by atoms with Gasteiger partial charge in [-0.3, -0.25) is 4.79 Å². The summed E-state index contributed by atoms with van der Waals surface area (Å²) < 4.78 is 0. The summed E-state index contributed by atoms with van der Waals surface area (Å²) >= 11 is 5.91. The number of nitrogens with one attached hydrogen (secondary N) is 1. The third-order valence-corrected chi connectivity index (χ3v) is 3.82. The highest BCUT2D eigenvalue weighted by Crippen LogP contribution is 2.29. The van der Waals surface area contributed by atoms with E-state index in [-0.39, 0.29) is 11.4 Å². The molecule has 116 valence electrons. The van der Waals surface area contributed by atoms with Crippen LogP contribution in [0.1, 0.15) is 45.6 Å². The third-order valence-electron chi connectivity index (χ3n) is 3.57. The second kappa shape index (κ2) is 6.80. The zero-order valence-corrected chi connectivity index (χ0v) is 13.9. The molecular formula is C17H25ClN2O. The van der Waals surface area contributed by atoms with Gasteiger partial charge in [-0.2, -0.15) is 0 Å². The van der Waals surface area contributed by atoms with E-state index in [2.05, 4.69) is 26.1 Å². The molecule has 0 aromatic heterocycles. The average Bonchev–Trinajstić information content (AvgIpc) is 3.20. The molecule has 1 aliphatic carbocycles. The van der Waals surface area contributed by atoms with Gasteiger partial charge in [0.1, 0.15) is 0 Å². The van der Waals surface area contributed by atoms with Crippen molar-refractivity contribution in [1.82, 2.24) is 10.2 Å². The van der Waals surface area contributed by atoms with E-state index in [1.54, 1.807) is 0 Å². The molecule has 0 saturated heterocycles. The maximum Gasteiger partial charge on any atom is 0.224 e. The van der Waals surface area contributed by atoms with Gasteiger partial charge in [-0.25, -0.2) is 0 Å². The quantitative estimate of drug-likeness (QED) is 0.870. The highest BCUT2D eigenvalue weighted by molar-refractivity contribution is 6.30. The first-order valence-corrected chi connectivity index (χ1v) is 8.02. The number of nitrogens with zero attached hydrogens (tertiary/aromatic N) is 1. The molecule has 0 unspecified atom stereocenters. The predicted octanol–water partition coefficient (Wildman–Crippen LogP) is 3.61. The Hall–Kier alpha value is -1.06. The minimum absolute atomic E-state index is 0.0564. The van der Waals surface area contributed by atoms with Crippen LogP contribution in [-0.2, 0) is 11.3 Å². The molecule has 1 aromatic carbocycles. The van der Waals surface area contributed by atoms with E-state index in [1.807, 2.05) is 29.2 Å². The van der Waals surface area contributed by atoms with Crippen LogP contribution in [0.4, 0.5) is 0 Å². The molecule has 0 aliphatic heterocycles. The van der Waals surface area contributed by atoms with Crippen LogP contribution in [-0.4, -0.2) is 28.9 Å². The topological polar surface area (TPSA) is 32.3 Å². The third kappa shape index (κ3) is 5.68. The summed E-state index contributed by atoms with van der Waals surface area (Å²) in [5.41, 5.74) is 1.20. The Labute approximate surface area is 132 Å². The second-order valence-electron chi connectivity index (χ2n) is 6.81. The largest absolute Gasteiger partial charge is 0.335 e. The number of carbonyl (C=O) groups excluding carboxylic acids is 1. The Bertz CT molecular complexity index is 475. The van der Waals surface area contributed by atoms with Crippen LogP contribution in [0.3, 0.4) is 0 Å². The van der Waals surface area contributed by atoms with Gasteiger partial charge in [0.25, 0.3) is 0 Å². The van der Waals surface area contributed by atoms with Gasteiger partial charge >= 0.3 is 0 Å². The minimum Gasteiger partial charge on any atom is -0.335 e. The first-order valence-electron chi connectivity index (χ1n) is 7.64. The van der Waals surface area contributed by atoms with Crippen molar-refractivity contribution in [2.24, 2.45) is 0 Å². The van der Waals surface area contributed by atoms with Crippen LogP contribution in [0.25, 0.3) is 0 Å². The molecule has 3 nitrogen and oxygen atoms in total. The summed E-state index contributed by atoms with van der Waals surface area (Å²) in [6.07, 6.45) is 2.82. The fourth-order valence-electron chi connectivity index (χ4n) is 2.28. The molecule has 4 heteroatoms. The lowest BCUT2D eigenvalue weighted by molar-refractivity contribution is -0.132. The summed E-state index contributed by atoms with van der Waals surface area (Å²) in [4.78, 5) is 14.5. The zero-order valence-electron chi connectivity index (χ0n) is 13.2. The fraction of sp³-hybridized carbons (Fsp3) is 0.588. The monoisotopic (exact) mass is 308 g/mol. The van der Waals surface area contributed by atoms with E-state index in [1.165, 1.54) is 0 Å². The number of hydrogen-bond acceptors (Lipinski definition) is 2. The first kappa shape index (κ1) is 16.3. The lowest BCUT2D eigenvalue weighted by atomic mass is 10.1. The first-order chi connectivity index (χ1) is 9.85. The maximum atomic E-state index is 12.4. The van der Waals surface area contributed by atoms with Gasteiger partial charge in [0, 0.05) is 36.1 Å². The number of amides is 1. The van der Waals surface area contributed by atoms with Crippen LogP contribution < -0.4 is 5.32 Å². The smallest absolute Gasteiger partial charge is 0.224 e. The standard InChI is InChI=1S/C17H25ClN2O/c1-17(2,3)19-11-10-16(21)20(15-8-9-15)12-13-4-6-14(18)7-5-13/h4-7,15,19H,8-12H2,1-3H3. The van der Waals surface area contributed by atoms with Gasteiger partial charge in [-0.1, -0.05) is 23.7 Å². The molecule has 1 N–H and O–H groups in total. The van der Waals surface area contributed by atoms with Crippen molar-refractivity contribution in [2.45, 2.75) is 58.2 Å². The van der Waals surface area contributed by atoms with Gasteiger partial charge in [0.05, 0.1) is 0 Å². The van der Waals surface area contributed by atoms with Crippen molar-refractivity contribution in [2.75, 3.05) is 6.54 Å². The number of carbonyl (C=O) groups is 1. The van der Waals surface area contributed by atoms with Gasteiger partial charge in [-0.15, -0.1) is 0 Å². The second-order valence-corrected chi connectivity index (χ2v) is 7.24. The lowest BCUT2D eigenvalue weighted by Crippen LogP contribution is -2.40. The molecular weight excluding hydrogens is 284 g/mol. The molecule has 0 spiro atoms. The molecule has 0 heterocycles. The summed E-state index contributed by atoms with van der Waals surface area (Å²) in [5.74, 6) is 0.240. The van der Waals surface area contributed by atoms with Crippen molar-refractivity contribution in [3.63, 3.8) is 0 Å². The van der Waals surface area contributed by atoms with Crippen molar-refractivity contribution in [3.05, 3.63) is 34.9 Å². The van der Waals surface area contributed by atoms with Gasteiger partial charge in [0.15, 0.2) is 0 Å². The molecule has 0 bridgehead atoms. The molecule has 1 aliphatic rings. The Morgan fingerprint density at radius 3 is 2.43 bits per heavy atom. The number of rotatable bonds is 6. The van der Waals surface area contributed by atoms with Crippen LogP contribution in [0, 0.1) is 0 Å². The number of halogens is 1. The number of hydrogen-bond donors (Lipinski definition) is 1. The van der Waals surface area contributed by atoms with Crippen molar-refractivity contribution < 1.29 is 4.79 Å². The Kier molecular flexibility index (Phi) is 5.28. The van der Waals surface area contributed by atoms with Crippen LogP contribution in [0.5, 0.6) is 0 Å². The highest BCUT2D eigenvalue weighted by atomic mass is 35.5. The molecule has 1 fully saturated rings. The van der Waals surface area contributed by atoms with E-state index in [0.29, 0.717) is 19.0 Å². The van der Waals surface area contributed by atoms with Crippen LogP contribution in [0.15, 0.2) is 24.3 Å². The molecule has 21 heavy (non-hydrogen) atoms. The summed E-state index contributed by atoms with van der Waals surface area (Å²) in [6.45, 7) is 7.76.